The smallest absolute Gasteiger partial charge is 0.261 e. The molecule has 184 valence electrons. The Morgan fingerprint density at radius 3 is 2.44 bits per heavy atom. The molecule has 36 heavy (non-hydrogen) atoms. The number of rotatable bonds is 7. The van der Waals surface area contributed by atoms with E-state index in [0.29, 0.717) is 12.0 Å². The van der Waals surface area contributed by atoms with E-state index in [1.54, 1.807) is 0 Å². The van der Waals surface area contributed by atoms with Gasteiger partial charge in [-0.1, -0.05) is 29.9 Å². The number of pyridine rings is 1. The maximum Gasteiger partial charge on any atom is 0.261 e. The van der Waals surface area contributed by atoms with E-state index < -0.39 is 23.0 Å². The predicted molar refractivity (Wildman–Crippen MR) is 132 cm³/mol. The number of aromatic nitrogens is 1. The molecule has 3 aromatic rings. The summed E-state index contributed by atoms with van der Waals surface area (Å²) in [6.45, 7) is 3.56. The van der Waals surface area contributed by atoms with E-state index in [1.807, 2.05) is 44.2 Å². The highest BCUT2D eigenvalue weighted by atomic mass is 19.2. The van der Waals surface area contributed by atoms with Gasteiger partial charge in [0.15, 0.2) is 23.2 Å². The van der Waals surface area contributed by atoms with Gasteiger partial charge in [-0.3, -0.25) is 14.4 Å². The Bertz CT molecular complexity index is 1480. The molecule has 1 N–H and O–H groups in total. The molecule has 2 aromatic carbocycles. The lowest BCUT2D eigenvalue weighted by molar-refractivity contribution is -0.110. The molecule has 0 unspecified atom stereocenters. The van der Waals surface area contributed by atoms with Crippen LogP contribution in [0.25, 0.3) is 11.6 Å². The summed E-state index contributed by atoms with van der Waals surface area (Å²) < 4.78 is 41.3. The van der Waals surface area contributed by atoms with Gasteiger partial charge in [-0.05, 0) is 61.7 Å². The predicted octanol–water partition coefficient (Wildman–Crippen LogP) is 5.74. The van der Waals surface area contributed by atoms with Crippen molar-refractivity contribution in [2.75, 3.05) is 5.32 Å². The molecule has 0 spiro atoms. The molecule has 5 nitrogen and oxygen atoms in total. The van der Waals surface area contributed by atoms with Crippen LogP contribution in [-0.4, -0.2) is 16.3 Å². The third-order valence-corrected chi connectivity index (χ3v) is 5.85. The van der Waals surface area contributed by atoms with Gasteiger partial charge < -0.3 is 9.88 Å². The number of nitrogens with one attached hydrogen (secondary N) is 1. The lowest BCUT2D eigenvalue weighted by Crippen LogP contribution is -2.26. The van der Waals surface area contributed by atoms with Gasteiger partial charge in [-0.2, -0.15) is 0 Å². The minimum atomic E-state index is -1.58. The van der Waals surface area contributed by atoms with Gasteiger partial charge in [0.25, 0.3) is 11.5 Å². The number of ketones is 1. The van der Waals surface area contributed by atoms with Gasteiger partial charge in [0.05, 0.1) is 12.1 Å². The van der Waals surface area contributed by atoms with Crippen LogP contribution in [0.4, 0.5) is 18.9 Å². The van der Waals surface area contributed by atoms with Crippen molar-refractivity contribution in [2.24, 2.45) is 0 Å². The van der Waals surface area contributed by atoms with Crippen LogP contribution in [0.15, 0.2) is 65.1 Å². The first-order valence-electron chi connectivity index (χ1n) is 11.3. The summed E-state index contributed by atoms with van der Waals surface area (Å²) in [7, 11) is 0. The summed E-state index contributed by atoms with van der Waals surface area (Å²) in [6, 6.07) is 10.2. The number of amides is 1. The first kappa shape index (κ1) is 24.9. The van der Waals surface area contributed by atoms with E-state index in [4.69, 9.17) is 0 Å². The second-order valence-electron chi connectivity index (χ2n) is 8.73. The quantitative estimate of drug-likeness (QED) is 0.260. The first-order chi connectivity index (χ1) is 17.2. The SMILES string of the molecule is CC(C)=C1C(=O)Nc2cc(/C=C/CCC(=O)c3cccn(Cc4cc(F)c(F)c(F)c4)c3=O)ccc21. The Morgan fingerprint density at radius 1 is 1.03 bits per heavy atom. The molecular formula is C28H23F3N2O3. The first-order valence-corrected chi connectivity index (χ1v) is 11.3. The fourth-order valence-corrected chi connectivity index (χ4v) is 4.13. The number of hydrogen-bond donors (Lipinski definition) is 1. The lowest BCUT2D eigenvalue weighted by atomic mass is 10.0. The monoisotopic (exact) mass is 492 g/mol. The summed E-state index contributed by atoms with van der Waals surface area (Å²) in [5.41, 5.74) is 3.49. The Labute approximate surface area is 205 Å². The Morgan fingerprint density at radius 2 is 1.75 bits per heavy atom. The Balaban J connectivity index is 1.42. The number of carbonyl (C=O) groups excluding carboxylic acids is 2. The molecule has 0 radical (unpaired) electrons. The molecular weight excluding hydrogens is 469 g/mol. The van der Waals surface area contributed by atoms with Gasteiger partial charge in [-0.25, -0.2) is 13.2 Å². The maximum absolute atomic E-state index is 13.5. The van der Waals surface area contributed by atoms with Gasteiger partial charge in [0.2, 0.25) is 0 Å². The average Bonchev–Trinajstić information content (AvgIpc) is 3.16. The summed E-state index contributed by atoms with van der Waals surface area (Å²) in [4.78, 5) is 37.5. The van der Waals surface area contributed by atoms with Crippen molar-refractivity contribution in [3.63, 3.8) is 0 Å². The number of halogens is 3. The minimum absolute atomic E-state index is 0.0385. The third kappa shape index (κ3) is 5.07. The fourth-order valence-electron chi connectivity index (χ4n) is 4.13. The third-order valence-electron chi connectivity index (χ3n) is 5.85. The van der Waals surface area contributed by atoms with E-state index in [-0.39, 0.29) is 35.8 Å². The molecule has 0 aliphatic carbocycles. The molecule has 1 aromatic heterocycles. The topological polar surface area (TPSA) is 68.2 Å². The molecule has 1 amide bonds. The molecule has 8 heteroatoms. The van der Waals surface area contributed by atoms with Crippen molar-refractivity contribution in [3.8, 4) is 0 Å². The number of anilines is 1. The van der Waals surface area contributed by atoms with Crippen molar-refractivity contribution in [3.05, 3.63) is 110 Å². The van der Waals surface area contributed by atoms with Crippen molar-refractivity contribution >= 4 is 29.0 Å². The highest BCUT2D eigenvalue weighted by molar-refractivity contribution is 6.32. The van der Waals surface area contributed by atoms with Crippen LogP contribution in [-0.2, 0) is 11.3 Å². The highest BCUT2D eigenvalue weighted by Crippen LogP contribution is 2.34. The van der Waals surface area contributed by atoms with Crippen LogP contribution >= 0.6 is 0 Å². The van der Waals surface area contributed by atoms with Crippen LogP contribution in [0.1, 0.15) is 53.7 Å². The summed E-state index contributed by atoms with van der Waals surface area (Å²) in [5, 5.41) is 2.86. The zero-order valence-electron chi connectivity index (χ0n) is 19.7. The Hall–Kier alpha value is -4.20. The van der Waals surface area contributed by atoms with Gasteiger partial charge in [0, 0.05) is 29.4 Å². The van der Waals surface area contributed by atoms with E-state index in [9.17, 15) is 27.6 Å². The number of benzene rings is 2. The normalized spacial score (nSPS) is 12.7. The zero-order chi connectivity index (χ0) is 26.0. The average molecular weight is 492 g/mol. The van der Waals surface area contributed by atoms with Crippen molar-refractivity contribution < 1.29 is 22.8 Å². The number of allylic oxidation sites excluding steroid dienone is 2. The minimum Gasteiger partial charge on any atom is -0.321 e. The molecule has 0 bridgehead atoms. The second kappa shape index (κ2) is 10.2. The number of fused-ring (bicyclic) bond motifs is 1. The number of nitrogens with zero attached hydrogens (tertiary/aromatic N) is 1. The molecule has 0 fully saturated rings. The highest BCUT2D eigenvalue weighted by Gasteiger charge is 2.24. The van der Waals surface area contributed by atoms with E-state index >= 15 is 0 Å². The summed E-state index contributed by atoms with van der Waals surface area (Å²) >= 11 is 0. The summed E-state index contributed by atoms with van der Waals surface area (Å²) in [6.07, 6.45) is 5.50. The van der Waals surface area contributed by atoms with Crippen LogP contribution in [0.3, 0.4) is 0 Å². The largest absolute Gasteiger partial charge is 0.321 e. The van der Waals surface area contributed by atoms with Gasteiger partial charge in [-0.15, -0.1) is 0 Å². The molecule has 0 saturated heterocycles. The molecule has 0 saturated carbocycles. The molecule has 2 heterocycles. The van der Waals surface area contributed by atoms with Crippen LogP contribution in [0.5, 0.6) is 0 Å². The maximum atomic E-state index is 13.5. The molecule has 4 rings (SSSR count). The number of hydrogen-bond acceptors (Lipinski definition) is 3. The van der Waals surface area contributed by atoms with Crippen molar-refractivity contribution in [1.29, 1.82) is 0 Å². The number of Topliss-reactive ketones (excluding diaryl/α,β-unsaturated/α-hetero) is 1. The van der Waals surface area contributed by atoms with Crippen LogP contribution in [0, 0.1) is 17.5 Å². The fraction of sp³-hybridized carbons (Fsp3) is 0.179. The van der Waals surface area contributed by atoms with Crippen molar-refractivity contribution in [1.82, 2.24) is 4.57 Å². The molecule has 1 aliphatic rings. The van der Waals surface area contributed by atoms with E-state index in [0.717, 1.165) is 39.1 Å². The van der Waals surface area contributed by atoms with Gasteiger partial charge in [0.1, 0.15) is 0 Å². The second-order valence-corrected chi connectivity index (χ2v) is 8.73. The van der Waals surface area contributed by atoms with E-state index in [2.05, 4.69) is 5.32 Å². The van der Waals surface area contributed by atoms with Crippen LogP contribution < -0.4 is 10.9 Å². The van der Waals surface area contributed by atoms with Crippen LogP contribution in [0.2, 0.25) is 0 Å². The summed E-state index contributed by atoms with van der Waals surface area (Å²) in [5.74, 6) is -4.77. The number of carbonyl (C=O) groups is 2. The zero-order valence-corrected chi connectivity index (χ0v) is 19.7. The van der Waals surface area contributed by atoms with Crippen molar-refractivity contribution in [2.45, 2.75) is 33.2 Å². The molecule has 0 atom stereocenters. The van der Waals surface area contributed by atoms with E-state index in [1.165, 1.54) is 18.3 Å². The Kier molecular flexibility index (Phi) is 7.05. The standard InChI is InChI=1S/C28H23F3N2O3/c1-16(2)25-19-10-9-17(14-23(19)32-27(25)35)6-3-4-8-24(34)20-7-5-11-33(28(20)36)15-18-12-21(29)26(31)22(30)13-18/h3,5-7,9-14H,4,8,15H2,1-2H3,(H,32,35)/b6-3+. The molecule has 1 aliphatic heterocycles. The lowest BCUT2D eigenvalue weighted by Gasteiger charge is -2.08. The van der Waals surface area contributed by atoms with Gasteiger partial charge >= 0.3 is 0 Å².